The Morgan fingerprint density at radius 3 is 2.07 bits per heavy atom. The quantitative estimate of drug-likeness (QED) is 0.357. The summed E-state index contributed by atoms with van der Waals surface area (Å²) in [6, 6.07) is 19.4. The maximum atomic E-state index is 14.0. The fourth-order valence-corrected chi connectivity index (χ4v) is 5.60. The number of rotatable bonds is 11. The molecule has 9 nitrogen and oxygen atoms in total. The van der Waals surface area contributed by atoms with Crippen molar-refractivity contribution in [1.29, 1.82) is 0 Å². The number of amides is 2. The molecule has 2 amide bonds. The Bertz CT molecular complexity index is 1450. The van der Waals surface area contributed by atoms with E-state index in [1.54, 1.807) is 37.3 Å². The molecule has 0 fully saturated rings. The van der Waals surface area contributed by atoms with Crippen LogP contribution in [0.1, 0.15) is 38.8 Å². The molecule has 0 bridgehead atoms. The molecule has 0 spiro atoms. The van der Waals surface area contributed by atoms with Gasteiger partial charge in [0.1, 0.15) is 12.6 Å². The van der Waals surface area contributed by atoms with Gasteiger partial charge in [0.25, 0.3) is 10.0 Å². The summed E-state index contributed by atoms with van der Waals surface area (Å²) in [6.07, 6.45) is 0. The van der Waals surface area contributed by atoms with Crippen LogP contribution >= 0.6 is 0 Å². The first kappa shape index (κ1) is 31.5. The van der Waals surface area contributed by atoms with Gasteiger partial charge in [-0.3, -0.25) is 13.9 Å². The van der Waals surface area contributed by atoms with Gasteiger partial charge in [-0.15, -0.1) is 0 Å². The fraction of sp³-hybridized carbons (Fsp3) is 0.355. The zero-order valence-electron chi connectivity index (χ0n) is 24.7. The molecule has 0 radical (unpaired) electrons. The number of ether oxygens (including phenoxy) is 2. The van der Waals surface area contributed by atoms with Crippen LogP contribution in [0.15, 0.2) is 77.7 Å². The normalized spacial score (nSPS) is 12.3. The fourth-order valence-electron chi connectivity index (χ4n) is 4.17. The topological polar surface area (TPSA) is 105 Å². The number of sulfonamides is 1. The van der Waals surface area contributed by atoms with Gasteiger partial charge >= 0.3 is 0 Å². The minimum absolute atomic E-state index is 0.0737. The second-order valence-corrected chi connectivity index (χ2v) is 12.6. The van der Waals surface area contributed by atoms with Crippen LogP contribution in [0.5, 0.6) is 11.5 Å². The molecule has 0 heterocycles. The van der Waals surface area contributed by atoms with Crippen molar-refractivity contribution in [3.8, 4) is 11.5 Å². The Morgan fingerprint density at radius 2 is 1.51 bits per heavy atom. The van der Waals surface area contributed by atoms with Crippen molar-refractivity contribution in [1.82, 2.24) is 10.2 Å². The third-order valence-corrected chi connectivity index (χ3v) is 8.17. The Kier molecular flexibility index (Phi) is 10.0. The van der Waals surface area contributed by atoms with Crippen molar-refractivity contribution in [2.75, 3.05) is 25.1 Å². The average molecular weight is 582 g/mol. The third-order valence-electron chi connectivity index (χ3n) is 6.41. The Labute approximate surface area is 243 Å². The lowest BCUT2D eigenvalue weighted by molar-refractivity contribution is -0.140. The number of benzene rings is 3. The molecule has 0 aromatic heterocycles. The van der Waals surface area contributed by atoms with Crippen molar-refractivity contribution in [3.63, 3.8) is 0 Å². The molecule has 0 aliphatic rings. The third kappa shape index (κ3) is 8.00. The molecule has 0 aliphatic heterocycles. The van der Waals surface area contributed by atoms with E-state index in [9.17, 15) is 18.0 Å². The summed E-state index contributed by atoms with van der Waals surface area (Å²) in [6.45, 7) is 8.77. The Morgan fingerprint density at radius 1 is 0.902 bits per heavy atom. The molecule has 1 unspecified atom stereocenters. The van der Waals surface area contributed by atoms with Crippen LogP contribution in [-0.2, 0) is 26.2 Å². The van der Waals surface area contributed by atoms with E-state index in [0.717, 1.165) is 15.4 Å². The van der Waals surface area contributed by atoms with Gasteiger partial charge in [0.05, 0.1) is 24.8 Å². The first-order valence-corrected chi connectivity index (χ1v) is 14.7. The van der Waals surface area contributed by atoms with Crippen LogP contribution in [0.25, 0.3) is 0 Å². The van der Waals surface area contributed by atoms with Crippen LogP contribution < -0.4 is 19.1 Å². The second kappa shape index (κ2) is 13.1. The van der Waals surface area contributed by atoms with Crippen molar-refractivity contribution >= 4 is 27.5 Å². The van der Waals surface area contributed by atoms with Crippen LogP contribution in [0.4, 0.5) is 5.69 Å². The highest BCUT2D eigenvalue weighted by molar-refractivity contribution is 7.92. The SMILES string of the molecule is COc1ccc(S(=O)(=O)N(CC(=O)N(Cc2ccc(C)cc2)C(C)C(=O)NC(C)(C)C)c2ccccc2)cc1OC. The zero-order valence-corrected chi connectivity index (χ0v) is 25.5. The maximum Gasteiger partial charge on any atom is 0.264 e. The number of aryl methyl sites for hydroxylation is 1. The molecule has 0 saturated heterocycles. The molecule has 0 aliphatic carbocycles. The van der Waals surface area contributed by atoms with Crippen molar-refractivity contribution in [2.45, 2.75) is 57.6 Å². The summed E-state index contributed by atoms with van der Waals surface area (Å²) in [7, 11) is -1.37. The predicted octanol–water partition coefficient (Wildman–Crippen LogP) is 4.54. The predicted molar refractivity (Wildman–Crippen MR) is 160 cm³/mol. The van der Waals surface area contributed by atoms with Crippen molar-refractivity contribution in [2.24, 2.45) is 0 Å². The molecule has 1 atom stereocenters. The molecule has 220 valence electrons. The van der Waals surface area contributed by atoms with E-state index in [0.29, 0.717) is 11.4 Å². The van der Waals surface area contributed by atoms with E-state index in [1.807, 2.05) is 52.0 Å². The average Bonchev–Trinajstić information content (AvgIpc) is 2.94. The van der Waals surface area contributed by atoms with E-state index >= 15 is 0 Å². The monoisotopic (exact) mass is 581 g/mol. The number of carbonyl (C=O) groups excluding carboxylic acids is 2. The standard InChI is InChI=1S/C31H39N3O6S/c1-22-13-15-24(16-14-22)20-33(23(2)30(36)32-31(3,4)5)29(35)21-34(25-11-9-8-10-12-25)41(37,38)26-17-18-27(39-6)28(19-26)40-7/h8-19,23H,20-21H2,1-7H3,(H,32,36). The molecule has 3 rings (SSSR count). The van der Waals surface area contributed by atoms with Crippen molar-refractivity contribution < 1.29 is 27.5 Å². The zero-order chi connectivity index (χ0) is 30.4. The largest absolute Gasteiger partial charge is 0.493 e. The van der Waals surface area contributed by atoms with Crippen LogP contribution in [0.2, 0.25) is 0 Å². The number of hydrogen-bond donors (Lipinski definition) is 1. The van der Waals surface area contributed by atoms with Gasteiger partial charge in [0, 0.05) is 18.2 Å². The number of methoxy groups -OCH3 is 2. The van der Waals surface area contributed by atoms with E-state index < -0.39 is 34.1 Å². The van der Waals surface area contributed by atoms with Crippen LogP contribution in [0, 0.1) is 6.92 Å². The maximum absolute atomic E-state index is 14.0. The molecule has 3 aromatic carbocycles. The highest BCUT2D eigenvalue weighted by Gasteiger charge is 2.33. The number of carbonyl (C=O) groups is 2. The first-order chi connectivity index (χ1) is 19.3. The van der Waals surface area contributed by atoms with Crippen LogP contribution in [-0.4, -0.2) is 57.5 Å². The number of hydrogen-bond acceptors (Lipinski definition) is 6. The first-order valence-electron chi connectivity index (χ1n) is 13.2. The Hall–Kier alpha value is -4.05. The molecular formula is C31H39N3O6S. The number of nitrogens with zero attached hydrogens (tertiary/aromatic N) is 2. The minimum atomic E-state index is -4.24. The summed E-state index contributed by atoms with van der Waals surface area (Å²) in [5.74, 6) is -0.264. The smallest absolute Gasteiger partial charge is 0.264 e. The lowest BCUT2D eigenvalue weighted by Gasteiger charge is -2.33. The van der Waals surface area contributed by atoms with Gasteiger partial charge in [0.15, 0.2) is 11.5 Å². The van der Waals surface area contributed by atoms with Crippen LogP contribution in [0.3, 0.4) is 0 Å². The molecular weight excluding hydrogens is 542 g/mol. The van der Waals surface area contributed by atoms with E-state index in [-0.39, 0.29) is 23.1 Å². The molecule has 10 heteroatoms. The van der Waals surface area contributed by atoms with Gasteiger partial charge in [-0.05, 0) is 64.4 Å². The Balaban J connectivity index is 2.04. The molecule has 41 heavy (non-hydrogen) atoms. The van der Waals surface area contributed by atoms with Crippen molar-refractivity contribution in [3.05, 3.63) is 83.9 Å². The number of para-hydroxylation sites is 1. The molecule has 3 aromatic rings. The van der Waals surface area contributed by atoms with E-state index in [4.69, 9.17) is 9.47 Å². The highest BCUT2D eigenvalue weighted by Crippen LogP contribution is 2.32. The summed E-state index contributed by atoms with van der Waals surface area (Å²) < 4.78 is 39.7. The molecule has 0 saturated carbocycles. The summed E-state index contributed by atoms with van der Waals surface area (Å²) in [5, 5.41) is 2.92. The van der Waals surface area contributed by atoms with E-state index in [2.05, 4.69) is 5.32 Å². The minimum Gasteiger partial charge on any atom is -0.493 e. The second-order valence-electron chi connectivity index (χ2n) is 10.8. The van der Waals surface area contributed by atoms with Gasteiger partial charge in [-0.1, -0.05) is 48.0 Å². The number of anilines is 1. The summed E-state index contributed by atoms with van der Waals surface area (Å²) in [4.78, 5) is 28.5. The van der Waals surface area contributed by atoms with Gasteiger partial charge in [0.2, 0.25) is 11.8 Å². The highest BCUT2D eigenvalue weighted by atomic mass is 32.2. The van der Waals surface area contributed by atoms with Gasteiger partial charge in [-0.2, -0.15) is 0 Å². The summed E-state index contributed by atoms with van der Waals surface area (Å²) in [5.41, 5.74) is 1.66. The van der Waals surface area contributed by atoms with E-state index in [1.165, 1.54) is 37.3 Å². The van der Waals surface area contributed by atoms with Gasteiger partial charge in [-0.25, -0.2) is 8.42 Å². The summed E-state index contributed by atoms with van der Waals surface area (Å²) >= 11 is 0. The lowest BCUT2D eigenvalue weighted by atomic mass is 10.1. The molecule has 1 N–H and O–H groups in total. The number of nitrogens with one attached hydrogen (secondary N) is 1. The lowest BCUT2D eigenvalue weighted by Crippen LogP contribution is -2.54. The van der Waals surface area contributed by atoms with Gasteiger partial charge < -0.3 is 19.7 Å².